The molecule has 0 spiro atoms. The van der Waals surface area contributed by atoms with Gasteiger partial charge in [0.2, 0.25) is 0 Å². The highest BCUT2D eigenvalue weighted by Crippen LogP contribution is 2.30. The summed E-state index contributed by atoms with van der Waals surface area (Å²) < 4.78 is 2.41. The van der Waals surface area contributed by atoms with Gasteiger partial charge in [0, 0.05) is 28.4 Å². The monoisotopic (exact) mass is 377 g/mol. The van der Waals surface area contributed by atoms with Gasteiger partial charge in [-0.1, -0.05) is 79.4 Å². The molecule has 0 saturated heterocycles. The van der Waals surface area contributed by atoms with E-state index in [4.69, 9.17) is 0 Å². The standard InChI is InChI=1S/C28H27N/c1-5-9-23(24-11-8-7-10-21(24)4)15-13-22-14-17-26-25-16-12-20(3)18-27(25)29(6-2)28(26)19-22/h5,7-19H,4,6H2,1-3H3/b9-5-,15-13+,24-23+. The maximum atomic E-state index is 4.18. The topological polar surface area (TPSA) is 4.93 Å². The van der Waals surface area contributed by atoms with Crippen molar-refractivity contribution in [2.24, 2.45) is 0 Å². The van der Waals surface area contributed by atoms with Crippen LogP contribution in [-0.4, -0.2) is 4.57 Å². The second-order valence-corrected chi connectivity index (χ2v) is 7.49. The Morgan fingerprint density at radius 3 is 2.38 bits per heavy atom. The minimum Gasteiger partial charge on any atom is -0.341 e. The van der Waals surface area contributed by atoms with Crippen LogP contribution in [0.2, 0.25) is 0 Å². The lowest BCUT2D eigenvalue weighted by molar-refractivity contribution is 0.827. The minimum absolute atomic E-state index is 0.960. The Hall–Kier alpha value is -3.32. The van der Waals surface area contributed by atoms with Gasteiger partial charge in [0.25, 0.3) is 0 Å². The number of aromatic nitrogens is 1. The van der Waals surface area contributed by atoms with Gasteiger partial charge in [-0.05, 0) is 60.0 Å². The average Bonchev–Trinajstić information content (AvgIpc) is 3.03. The molecule has 1 heterocycles. The van der Waals surface area contributed by atoms with Crippen LogP contribution < -0.4 is 10.4 Å². The molecule has 3 aromatic carbocycles. The molecule has 0 radical (unpaired) electrons. The van der Waals surface area contributed by atoms with Gasteiger partial charge in [-0.25, -0.2) is 0 Å². The number of hydrogen-bond acceptors (Lipinski definition) is 0. The molecule has 1 heteroatoms. The lowest BCUT2D eigenvalue weighted by atomic mass is 10.1. The SMILES string of the molecule is C=c1cccc/c1=C(/C=C\C)\C=C\c1ccc2c3ccc(C)cc3n(CC)c2c1. The average molecular weight is 378 g/mol. The van der Waals surface area contributed by atoms with E-state index in [2.05, 4.69) is 104 Å². The van der Waals surface area contributed by atoms with Crippen LogP contribution in [0.3, 0.4) is 0 Å². The van der Waals surface area contributed by atoms with Gasteiger partial charge >= 0.3 is 0 Å². The maximum absolute atomic E-state index is 4.18. The summed E-state index contributed by atoms with van der Waals surface area (Å²) in [4.78, 5) is 0. The van der Waals surface area contributed by atoms with E-state index in [1.807, 2.05) is 13.0 Å². The molecule has 1 aromatic heterocycles. The first-order chi connectivity index (χ1) is 14.1. The lowest BCUT2D eigenvalue weighted by Gasteiger charge is -2.04. The first-order valence-electron chi connectivity index (χ1n) is 10.2. The highest BCUT2D eigenvalue weighted by molar-refractivity contribution is 6.08. The molecule has 29 heavy (non-hydrogen) atoms. The first-order valence-corrected chi connectivity index (χ1v) is 10.2. The van der Waals surface area contributed by atoms with E-state index in [0.29, 0.717) is 0 Å². The fourth-order valence-electron chi connectivity index (χ4n) is 4.07. The van der Waals surface area contributed by atoms with Gasteiger partial charge in [-0.2, -0.15) is 0 Å². The van der Waals surface area contributed by atoms with Crippen molar-refractivity contribution in [3.05, 3.63) is 100 Å². The van der Waals surface area contributed by atoms with Crippen molar-refractivity contribution in [1.29, 1.82) is 0 Å². The van der Waals surface area contributed by atoms with Gasteiger partial charge in [-0.15, -0.1) is 0 Å². The molecule has 0 saturated carbocycles. The highest BCUT2D eigenvalue weighted by atomic mass is 15.0. The third kappa shape index (κ3) is 3.56. The van der Waals surface area contributed by atoms with Crippen molar-refractivity contribution in [1.82, 2.24) is 4.57 Å². The molecule has 0 aliphatic rings. The van der Waals surface area contributed by atoms with Crippen LogP contribution >= 0.6 is 0 Å². The molecule has 0 bridgehead atoms. The second kappa shape index (κ2) is 7.97. The molecular weight excluding hydrogens is 350 g/mol. The Bertz CT molecular complexity index is 1360. The fraction of sp³-hybridized carbons (Fsp3) is 0.143. The number of nitrogens with zero attached hydrogens (tertiary/aromatic N) is 1. The third-order valence-electron chi connectivity index (χ3n) is 5.49. The molecule has 0 fully saturated rings. The number of benzene rings is 3. The van der Waals surface area contributed by atoms with Gasteiger partial charge in [0.1, 0.15) is 0 Å². The Morgan fingerprint density at radius 1 is 0.931 bits per heavy atom. The van der Waals surface area contributed by atoms with Gasteiger partial charge in [-0.3, -0.25) is 0 Å². The predicted molar refractivity (Wildman–Crippen MR) is 128 cm³/mol. The number of rotatable bonds is 4. The Labute approximate surface area is 172 Å². The van der Waals surface area contributed by atoms with Crippen molar-refractivity contribution in [2.45, 2.75) is 27.3 Å². The lowest BCUT2D eigenvalue weighted by Crippen LogP contribution is -2.23. The van der Waals surface area contributed by atoms with Crippen molar-refractivity contribution in [3.63, 3.8) is 0 Å². The Kier molecular flexibility index (Phi) is 5.22. The minimum atomic E-state index is 0.960. The smallest absolute Gasteiger partial charge is 0.0497 e. The van der Waals surface area contributed by atoms with E-state index in [9.17, 15) is 0 Å². The van der Waals surface area contributed by atoms with Crippen molar-refractivity contribution >= 4 is 40.0 Å². The van der Waals surface area contributed by atoms with E-state index in [1.54, 1.807) is 0 Å². The summed E-state index contributed by atoms with van der Waals surface area (Å²) in [5.41, 5.74) is 6.28. The van der Waals surface area contributed by atoms with Crippen LogP contribution in [0.4, 0.5) is 0 Å². The zero-order chi connectivity index (χ0) is 20.4. The quantitative estimate of drug-likeness (QED) is 0.413. The molecule has 4 rings (SSSR count). The molecule has 1 nitrogen and oxygen atoms in total. The van der Waals surface area contributed by atoms with Gasteiger partial charge in [0.05, 0.1) is 0 Å². The highest BCUT2D eigenvalue weighted by Gasteiger charge is 2.09. The molecule has 0 N–H and O–H groups in total. The van der Waals surface area contributed by atoms with E-state index < -0.39 is 0 Å². The van der Waals surface area contributed by atoms with E-state index >= 15 is 0 Å². The predicted octanol–water partition coefficient (Wildman–Crippen LogP) is 5.97. The number of hydrogen-bond donors (Lipinski definition) is 0. The zero-order valence-corrected chi connectivity index (χ0v) is 17.4. The van der Waals surface area contributed by atoms with Crippen LogP contribution in [0.25, 0.3) is 40.0 Å². The summed E-state index contributed by atoms with van der Waals surface area (Å²) in [6.07, 6.45) is 8.61. The summed E-state index contributed by atoms with van der Waals surface area (Å²) in [7, 11) is 0. The molecule has 0 atom stereocenters. The van der Waals surface area contributed by atoms with E-state index in [-0.39, 0.29) is 0 Å². The van der Waals surface area contributed by atoms with Crippen molar-refractivity contribution in [2.75, 3.05) is 0 Å². The van der Waals surface area contributed by atoms with E-state index in [1.165, 1.54) is 43.7 Å². The molecule has 0 unspecified atom stereocenters. The van der Waals surface area contributed by atoms with Crippen LogP contribution in [-0.2, 0) is 6.54 Å². The number of allylic oxidation sites excluding steroid dienone is 3. The summed E-state index contributed by atoms with van der Waals surface area (Å²) in [6, 6.07) is 21.8. The van der Waals surface area contributed by atoms with Crippen molar-refractivity contribution in [3.8, 4) is 0 Å². The number of aryl methyl sites for hydroxylation is 2. The third-order valence-corrected chi connectivity index (χ3v) is 5.49. The summed E-state index contributed by atoms with van der Waals surface area (Å²) in [5.74, 6) is 0. The zero-order valence-electron chi connectivity index (χ0n) is 17.4. The molecule has 0 amide bonds. The van der Waals surface area contributed by atoms with Crippen LogP contribution in [0.1, 0.15) is 25.0 Å². The fourth-order valence-corrected chi connectivity index (χ4v) is 4.07. The normalized spacial score (nSPS) is 13.2. The first kappa shape index (κ1) is 19.0. The molecular formula is C28H27N. The molecule has 4 aromatic rings. The van der Waals surface area contributed by atoms with E-state index in [0.717, 1.165) is 11.8 Å². The second-order valence-electron chi connectivity index (χ2n) is 7.49. The van der Waals surface area contributed by atoms with Gasteiger partial charge in [0.15, 0.2) is 0 Å². The maximum Gasteiger partial charge on any atom is 0.0497 e. The summed E-state index contributed by atoms with van der Waals surface area (Å²) in [5, 5.41) is 4.86. The summed E-state index contributed by atoms with van der Waals surface area (Å²) >= 11 is 0. The Balaban J connectivity index is 1.87. The molecule has 0 aliphatic heterocycles. The summed E-state index contributed by atoms with van der Waals surface area (Å²) in [6.45, 7) is 11.6. The van der Waals surface area contributed by atoms with Crippen LogP contribution in [0.5, 0.6) is 0 Å². The Morgan fingerprint density at radius 2 is 1.66 bits per heavy atom. The largest absolute Gasteiger partial charge is 0.341 e. The molecule has 144 valence electrons. The van der Waals surface area contributed by atoms with Crippen LogP contribution in [0.15, 0.2) is 78.9 Å². The van der Waals surface area contributed by atoms with Crippen LogP contribution in [0, 0.1) is 6.92 Å². The number of fused-ring (bicyclic) bond motifs is 3. The van der Waals surface area contributed by atoms with Gasteiger partial charge < -0.3 is 4.57 Å². The molecule has 0 aliphatic carbocycles. The van der Waals surface area contributed by atoms with Crippen molar-refractivity contribution < 1.29 is 0 Å².